The molecule has 1 heterocycles. The lowest BCUT2D eigenvalue weighted by atomic mass is 10.2. The molecule has 3 N–H and O–H groups in total. The summed E-state index contributed by atoms with van der Waals surface area (Å²) in [6.07, 6.45) is -4.60. The van der Waals surface area contributed by atoms with Crippen molar-refractivity contribution in [1.82, 2.24) is 10.3 Å². The number of anilines is 1. The number of carbonyl (C=O) groups excluding carboxylic acids is 1. The van der Waals surface area contributed by atoms with Gasteiger partial charge in [0.05, 0.1) is 5.56 Å². The van der Waals surface area contributed by atoms with Gasteiger partial charge in [0.1, 0.15) is 5.82 Å². The number of hydrogen-bond acceptors (Lipinski definition) is 3. The van der Waals surface area contributed by atoms with Gasteiger partial charge < -0.3 is 10.3 Å². The van der Waals surface area contributed by atoms with Gasteiger partial charge in [-0.15, -0.1) is 0 Å². The average Bonchev–Trinajstić information content (AvgIpc) is 2.69. The highest BCUT2D eigenvalue weighted by molar-refractivity contribution is 6.10. The average molecular weight is 436 g/mol. The summed E-state index contributed by atoms with van der Waals surface area (Å²) in [5, 5.41) is 4.78. The molecule has 0 saturated carbocycles. The molecule has 0 bridgehead atoms. The number of nitrogens with zero attached hydrogens (tertiary/aromatic N) is 1. The molecular weight excluding hydrogens is 423 g/mol. The Labute approximate surface area is 171 Å². The highest BCUT2D eigenvalue weighted by Gasteiger charge is 2.30. The number of pyridine rings is 1. The molecular formula is C20H13F5N4O2. The van der Waals surface area contributed by atoms with E-state index in [0.29, 0.717) is 6.07 Å². The van der Waals surface area contributed by atoms with Crippen molar-refractivity contribution in [3.63, 3.8) is 0 Å². The number of H-pyrrole nitrogens is 1. The van der Waals surface area contributed by atoms with E-state index in [2.05, 4.69) is 20.6 Å². The number of carbonyl (C=O) groups is 1. The summed E-state index contributed by atoms with van der Waals surface area (Å²) in [6.45, 7) is 0. The summed E-state index contributed by atoms with van der Waals surface area (Å²) in [7, 11) is 0. The normalized spacial score (nSPS) is 11.8. The molecule has 2 aromatic carbocycles. The fraction of sp³-hybridized carbons (Fsp3) is 0.0500. The number of benzene rings is 2. The Balaban J connectivity index is 1.94. The van der Waals surface area contributed by atoms with Crippen molar-refractivity contribution in [1.29, 1.82) is 0 Å². The van der Waals surface area contributed by atoms with Crippen LogP contribution in [0.5, 0.6) is 0 Å². The minimum atomic E-state index is -4.60. The van der Waals surface area contributed by atoms with Gasteiger partial charge in [-0.1, -0.05) is 12.1 Å². The number of alkyl halides is 3. The smallest absolute Gasteiger partial charge is 0.326 e. The second-order valence-electron chi connectivity index (χ2n) is 6.15. The zero-order valence-electron chi connectivity index (χ0n) is 15.4. The summed E-state index contributed by atoms with van der Waals surface area (Å²) in [6, 6.07) is 10.4. The lowest BCUT2D eigenvalue weighted by Crippen LogP contribution is -2.36. The molecule has 0 spiro atoms. The van der Waals surface area contributed by atoms with Crippen molar-refractivity contribution in [2.24, 2.45) is 4.99 Å². The molecule has 31 heavy (non-hydrogen) atoms. The fourth-order valence-electron chi connectivity index (χ4n) is 2.44. The van der Waals surface area contributed by atoms with Crippen LogP contribution in [-0.2, 0) is 6.18 Å². The van der Waals surface area contributed by atoms with Crippen molar-refractivity contribution in [2.75, 3.05) is 5.32 Å². The van der Waals surface area contributed by atoms with Crippen LogP contribution in [0.4, 0.5) is 33.5 Å². The Morgan fingerprint density at radius 3 is 2.35 bits per heavy atom. The van der Waals surface area contributed by atoms with E-state index in [4.69, 9.17) is 0 Å². The molecule has 11 heteroatoms. The first-order valence-electron chi connectivity index (χ1n) is 8.60. The Morgan fingerprint density at radius 2 is 1.68 bits per heavy atom. The molecule has 3 rings (SSSR count). The fourth-order valence-corrected chi connectivity index (χ4v) is 2.44. The van der Waals surface area contributed by atoms with Crippen LogP contribution in [0.2, 0.25) is 0 Å². The van der Waals surface area contributed by atoms with Crippen LogP contribution in [0.25, 0.3) is 0 Å². The second-order valence-corrected chi connectivity index (χ2v) is 6.15. The SMILES string of the molecule is O=C(N/C(=N/c1cccc(=O)[nH]1)Nc1cccc(C(F)(F)F)c1)c1ccc(F)c(F)c1. The van der Waals surface area contributed by atoms with Crippen molar-refractivity contribution in [3.8, 4) is 0 Å². The van der Waals surface area contributed by atoms with Crippen LogP contribution >= 0.6 is 0 Å². The maximum Gasteiger partial charge on any atom is 0.416 e. The van der Waals surface area contributed by atoms with Crippen LogP contribution in [0.15, 0.2) is 70.5 Å². The van der Waals surface area contributed by atoms with Gasteiger partial charge in [-0.2, -0.15) is 18.2 Å². The first-order valence-corrected chi connectivity index (χ1v) is 8.60. The minimum absolute atomic E-state index is 0.0208. The zero-order valence-corrected chi connectivity index (χ0v) is 15.4. The molecule has 160 valence electrons. The Kier molecular flexibility index (Phi) is 6.14. The van der Waals surface area contributed by atoms with Crippen molar-refractivity contribution >= 4 is 23.4 Å². The largest absolute Gasteiger partial charge is 0.416 e. The predicted octanol–water partition coefficient (Wildman–Crippen LogP) is 4.20. The molecule has 0 saturated heterocycles. The standard InChI is InChI=1S/C20H13F5N4O2/c21-14-8-7-11(9-15(14)22)18(31)29-19(28-16-5-2-6-17(30)27-16)26-13-4-1-3-12(10-13)20(23,24)25/h1-10H,(H3,26,27,28,29,30,31). The summed E-state index contributed by atoms with van der Waals surface area (Å²) in [5.41, 5.74) is -1.79. The van der Waals surface area contributed by atoms with Gasteiger partial charge >= 0.3 is 6.18 Å². The monoisotopic (exact) mass is 436 g/mol. The van der Waals surface area contributed by atoms with Gasteiger partial charge in [0.25, 0.3) is 5.91 Å². The molecule has 0 aliphatic heterocycles. The van der Waals surface area contributed by atoms with Gasteiger partial charge in [-0.3, -0.25) is 14.9 Å². The van der Waals surface area contributed by atoms with E-state index in [1.54, 1.807) is 0 Å². The Bertz CT molecular complexity index is 1200. The zero-order chi connectivity index (χ0) is 22.6. The van der Waals surface area contributed by atoms with E-state index < -0.39 is 34.8 Å². The number of aromatic amines is 1. The maximum atomic E-state index is 13.4. The molecule has 0 unspecified atom stereocenters. The van der Waals surface area contributed by atoms with Gasteiger partial charge in [0.2, 0.25) is 11.5 Å². The third-order valence-corrected chi connectivity index (χ3v) is 3.85. The first-order chi connectivity index (χ1) is 14.6. The van der Waals surface area contributed by atoms with Crippen LogP contribution < -0.4 is 16.2 Å². The number of aromatic nitrogens is 1. The molecule has 0 fully saturated rings. The number of halogens is 5. The molecule has 0 radical (unpaired) electrons. The van der Waals surface area contributed by atoms with Crippen molar-refractivity contribution in [2.45, 2.75) is 6.18 Å². The molecule has 6 nitrogen and oxygen atoms in total. The number of aliphatic imine (C=N–C) groups is 1. The molecule has 0 aliphatic carbocycles. The quantitative estimate of drug-likeness (QED) is 0.327. The Morgan fingerprint density at radius 1 is 0.935 bits per heavy atom. The van der Waals surface area contributed by atoms with Gasteiger partial charge in [0, 0.05) is 17.3 Å². The number of rotatable bonds is 3. The molecule has 1 aromatic heterocycles. The topological polar surface area (TPSA) is 86.3 Å². The highest BCUT2D eigenvalue weighted by atomic mass is 19.4. The van der Waals surface area contributed by atoms with E-state index in [1.165, 1.54) is 24.3 Å². The Hall–Kier alpha value is -4.02. The minimum Gasteiger partial charge on any atom is -0.326 e. The first kappa shape index (κ1) is 21.7. The van der Waals surface area contributed by atoms with Crippen molar-refractivity contribution < 1.29 is 26.7 Å². The van der Waals surface area contributed by atoms with E-state index in [-0.39, 0.29) is 23.0 Å². The summed E-state index contributed by atoms with van der Waals surface area (Å²) in [5.74, 6) is -3.72. The number of amides is 1. The lowest BCUT2D eigenvalue weighted by molar-refractivity contribution is -0.137. The van der Waals surface area contributed by atoms with E-state index >= 15 is 0 Å². The summed E-state index contributed by atoms with van der Waals surface area (Å²) >= 11 is 0. The van der Waals surface area contributed by atoms with Crippen LogP contribution in [0.3, 0.4) is 0 Å². The van der Waals surface area contributed by atoms with Crippen LogP contribution in [0.1, 0.15) is 15.9 Å². The van der Waals surface area contributed by atoms with Crippen LogP contribution in [0, 0.1) is 11.6 Å². The van der Waals surface area contributed by atoms with Gasteiger partial charge in [-0.05, 0) is 42.5 Å². The predicted molar refractivity (Wildman–Crippen MR) is 103 cm³/mol. The number of guanidine groups is 1. The molecule has 1 amide bonds. The van der Waals surface area contributed by atoms with Crippen molar-refractivity contribution in [3.05, 3.63) is 93.8 Å². The van der Waals surface area contributed by atoms with Crippen LogP contribution in [-0.4, -0.2) is 16.9 Å². The lowest BCUT2D eigenvalue weighted by Gasteiger charge is -2.13. The molecule has 0 aliphatic rings. The summed E-state index contributed by atoms with van der Waals surface area (Å²) in [4.78, 5) is 30.2. The van der Waals surface area contributed by atoms with Gasteiger partial charge in [-0.25, -0.2) is 8.78 Å². The van der Waals surface area contributed by atoms with E-state index in [1.807, 2.05) is 0 Å². The number of nitrogens with one attached hydrogen (secondary N) is 3. The third kappa shape index (κ3) is 5.75. The third-order valence-electron chi connectivity index (χ3n) is 3.85. The number of hydrogen-bond donors (Lipinski definition) is 3. The van der Waals surface area contributed by atoms with E-state index in [9.17, 15) is 31.5 Å². The molecule has 0 atom stereocenters. The second kappa shape index (κ2) is 8.78. The highest BCUT2D eigenvalue weighted by Crippen LogP contribution is 2.30. The molecule has 3 aromatic rings. The van der Waals surface area contributed by atoms with Gasteiger partial charge in [0.15, 0.2) is 11.6 Å². The maximum absolute atomic E-state index is 13.4. The van der Waals surface area contributed by atoms with E-state index in [0.717, 1.165) is 30.3 Å². The summed E-state index contributed by atoms with van der Waals surface area (Å²) < 4.78 is 65.4.